The van der Waals surface area contributed by atoms with E-state index < -0.39 is 17.8 Å². The fraction of sp³-hybridized carbons (Fsp3) is 0.375. The van der Waals surface area contributed by atoms with E-state index in [2.05, 4.69) is 15.6 Å². The van der Waals surface area contributed by atoms with Gasteiger partial charge in [-0.2, -0.15) is 0 Å². The van der Waals surface area contributed by atoms with E-state index in [1.807, 2.05) is 82.3 Å². The average molecular weight is 426 g/mol. The van der Waals surface area contributed by atoms with Gasteiger partial charge in [-0.1, -0.05) is 49.4 Å². The van der Waals surface area contributed by atoms with Crippen LogP contribution in [0.25, 0.3) is 0 Å². The van der Waals surface area contributed by atoms with Crippen LogP contribution in [0.15, 0.2) is 59.6 Å². The Morgan fingerprint density at radius 2 is 1.68 bits per heavy atom. The predicted molar refractivity (Wildman–Crippen MR) is 121 cm³/mol. The van der Waals surface area contributed by atoms with Crippen LogP contribution in [-0.4, -0.2) is 23.6 Å². The predicted octanol–water partition coefficient (Wildman–Crippen LogP) is 5.47. The lowest BCUT2D eigenvalue weighted by Gasteiger charge is -2.19. The summed E-state index contributed by atoms with van der Waals surface area (Å²) in [5.41, 5.74) is 1.91. The summed E-state index contributed by atoms with van der Waals surface area (Å²) in [5, 5.41) is 5.46. The maximum atomic E-state index is 12.2. The zero-order chi connectivity index (χ0) is 22.7. The summed E-state index contributed by atoms with van der Waals surface area (Å²) in [5.74, 6) is 0.526. The maximum absolute atomic E-state index is 12.2. The van der Waals surface area contributed by atoms with Gasteiger partial charge in [-0.25, -0.2) is 14.6 Å². The summed E-state index contributed by atoms with van der Waals surface area (Å²) >= 11 is 0. The Bertz CT molecular complexity index is 889. The molecule has 2 N–H and O–H groups in total. The van der Waals surface area contributed by atoms with Gasteiger partial charge in [-0.05, 0) is 50.5 Å². The van der Waals surface area contributed by atoms with Crippen LogP contribution in [0, 0.1) is 0 Å². The number of amides is 2. The van der Waals surface area contributed by atoms with E-state index in [4.69, 9.17) is 9.47 Å². The third kappa shape index (κ3) is 9.80. The van der Waals surface area contributed by atoms with Crippen LogP contribution in [0.1, 0.15) is 51.7 Å². The minimum absolute atomic E-state index is 0.192. The smallest absolute Gasteiger partial charge is 0.412 e. The first kappa shape index (κ1) is 23.9. The van der Waals surface area contributed by atoms with Crippen molar-refractivity contribution in [1.82, 2.24) is 10.6 Å². The number of hydrogen-bond acceptors (Lipinski definition) is 5. The lowest BCUT2D eigenvalue weighted by molar-refractivity contribution is 0.0523. The number of carbonyl (C=O) groups is 2. The van der Waals surface area contributed by atoms with Gasteiger partial charge in [0, 0.05) is 13.0 Å². The fourth-order valence-electron chi connectivity index (χ4n) is 2.64. The molecule has 0 saturated carbocycles. The second-order valence-electron chi connectivity index (χ2n) is 8.02. The molecule has 0 aromatic heterocycles. The Labute approximate surface area is 183 Å². The second kappa shape index (κ2) is 11.7. The van der Waals surface area contributed by atoms with Gasteiger partial charge in [-0.3, -0.25) is 5.32 Å². The zero-order valence-electron chi connectivity index (χ0n) is 18.6. The van der Waals surface area contributed by atoms with E-state index in [9.17, 15) is 9.59 Å². The van der Waals surface area contributed by atoms with Gasteiger partial charge in [-0.15, -0.1) is 0 Å². The van der Waals surface area contributed by atoms with Crippen LogP contribution in [0.5, 0.6) is 0 Å². The van der Waals surface area contributed by atoms with E-state index >= 15 is 0 Å². The molecule has 0 unspecified atom stereocenters. The molecule has 0 aliphatic carbocycles. The third-order valence-electron chi connectivity index (χ3n) is 3.96. The van der Waals surface area contributed by atoms with E-state index in [0.29, 0.717) is 24.5 Å². The van der Waals surface area contributed by atoms with Crippen molar-refractivity contribution in [3.05, 3.63) is 65.7 Å². The first-order valence-corrected chi connectivity index (χ1v) is 10.4. The summed E-state index contributed by atoms with van der Waals surface area (Å²) < 4.78 is 10.5. The Hall–Kier alpha value is -3.35. The number of alkyl carbamates (subject to hydrolysis) is 2. The van der Waals surface area contributed by atoms with Crippen molar-refractivity contribution in [2.75, 3.05) is 0 Å². The molecular weight excluding hydrogens is 394 g/mol. The molecule has 31 heavy (non-hydrogen) atoms. The first-order chi connectivity index (χ1) is 14.7. The normalized spacial score (nSPS) is 11.5. The molecule has 166 valence electrons. The molecule has 2 aromatic rings. The van der Waals surface area contributed by atoms with E-state index in [0.717, 1.165) is 17.5 Å². The number of amidine groups is 1. The number of rotatable bonds is 7. The third-order valence-corrected chi connectivity index (χ3v) is 3.96. The van der Waals surface area contributed by atoms with Crippen molar-refractivity contribution < 1.29 is 19.1 Å². The highest BCUT2D eigenvalue weighted by Gasteiger charge is 2.15. The number of carbonyl (C=O) groups excluding carboxylic acids is 2. The minimum atomic E-state index is -0.550. The quantitative estimate of drug-likeness (QED) is 0.455. The molecule has 0 saturated heterocycles. The molecule has 0 atom stereocenters. The van der Waals surface area contributed by atoms with Crippen molar-refractivity contribution in [3.63, 3.8) is 0 Å². The topological polar surface area (TPSA) is 89.0 Å². The Morgan fingerprint density at radius 1 is 0.968 bits per heavy atom. The van der Waals surface area contributed by atoms with Crippen LogP contribution in [0.3, 0.4) is 0 Å². The van der Waals surface area contributed by atoms with E-state index in [1.165, 1.54) is 0 Å². The molecule has 0 bridgehead atoms. The lowest BCUT2D eigenvalue weighted by Crippen LogP contribution is -2.32. The monoisotopic (exact) mass is 425 g/mol. The standard InChI is InChI=1S/C24H31N3O4/c1-5-10-21(27-23(29)30-17-18-11-7-6-8-12-18)26-20-14-9-13-19(15-20)16-25-22(28)31-24(2,3)4/h6-9,11-15H,5,10,16-17H2,1-4H3,(H,25,28)(H,26,27,29). The molecule has 2 amide bonds. The van der Waals surface area contributed by atoms with Crippen molar-refractivity contribution in [2.45, 2.75) is 59.3 Å². The highest BCUT2D eigenvalue weighted by Crippen LogP contribution is 2.16. The Morgan fingerprint density at radius 3 is 2.35 bits per heavy atom. The largest absolute Gasteiger partial charge is 0.444 e. The van der Waals surface area contributed by atoms with Gasteiger partial charge in [0.15, 0.2) is 0 Å². The van der Waals surface area contributed by atoms with Gasteiger partial charge in [0.2, 0.25) is 0 Å². The fourth-order valence-corrected chi connectivity index (χ4v) is 2.64. The molecule has 0 fully saturated rings. The number of aliphatic imine (C=N–C) groups is 1. The lowest BCUT2D eigenvalue weighted by atomic mass is 10.2. The summed E-state index contributed by atoms with van der Waals surface area (Å²) in [6.45, 7) is 7.96. The number of ether oxygens (including phenoxy) is 2. The number of nitrogens with zero attached hydrogens (tertiary/aromatic N) is 1. The summed E-state index contributed by atoms with van der Waals surface area (Å²) in [7, 11) is 0. The number of hydrogen-bond donors (Lipinski definition) is 2. The van der Waals surface area contributed by atoms with Crippen molar-refractivity contribution in [3.8, 4) is 0 Å². The molecule has 0 aliphatic rings. The highest BCUT2D eigenvalue weighted by atomic mass is 16.6. The van der Waals surface area contributed by atoms with Crippen molar-refractivity contribution in [1.29, 1.82) is 0 Å². The molecule has 0 radical (unpaired) electrons. The summed E-state index contributed by atoms with van der Waals surface area (Å²) in [4.78, 5) is 28.6. The highest BCUT2D eigenvalue weighted by molar-refractivity contribution is 5.96. The van der Waals surface area contributed by atoms with Gasteiger partial charge < -0.3 is 14.8 Å². The van der Waals surface area contributed by atoms with Crippen LogP contribution in [0.2, 0.25) is 0 Å². The van der Waals surface area contributed by atoms with E-state index in [-0.39, 0.29) is 6.61 Å². The van der Waals surface area contributed by atoms with Gasteiger partial charge >= 0.3 is 12.2 Å². The Kier molecular flexibility index (Phi) is 9.06. The van der Waals surface area contributed by atoms with Gasteiger partial charge in [0.05, 0.1) is 5.69 Å². The molecule has 2 aromatic carbocycles. The van der Waals surface area contributed by atoms with Crippen LogP contribution < -0.4 is 10.6 Å². The van der Waals surface area contributed by atoms with Gasteiger partial charge in [0.1, 0.15) is 18.0 Å². The second-order valence-corrected chi connectivity index (χ2v) is 8.02. The molecule has 7 heteroatoms. The van der Waals surface area contributed by atoms with Crippen LogP contribution >= 0.6 is 0 Å². The van der Waals surface area contributed by atoms with Crippen molar-refractivity contribution in [2.24, 2.45) is 4.99 Å². The first-order valence-electron chi connectivity index (χ1n) is 10.4. The molecule has 7 nitrogen and oxygen atoms in total. The summed E-state index contributed by atoms with van der Waals surface area (Å²) in [6.07, 6.45) is 0.396. The van der Waals surface area contributed by atoms with Crippen molar-refractivity contribution >= 4 is 23.7 Å². The average Bonchev–Trinajstić information content (AvgIpc) is 2.71. The zero-order valence-corrected chi connectivity index (χ0v) is 18.6. The van der Waals surface area contributed by atoms with Crippen LogP contribution in [0.4, 0.5) is 15.3 Å². The molecule has 2 rings (SSSR count). The maximum Gasteiger partial charge on any atom is 0.412 e. The summed E-state index contributed by atoms with van der Waals surface area (Å²) in [6, 6.07) is 16.9. The minimum Gasteiger partial charge on any atom is -0.444 e. The van der Waals surface area contributed by atoms with Crippen LogP contribution in [-0.2, 0) is 22.6 Å². The van der Waals surface area contributed by atoms with Gasteiger partial charge in [0.25, 0.3) is 0 Å². The van der Waals surface area contributed by atoms with E-state index in [1.54, 1.807) is 0 Å². The molecule has 0 spiro atoms. The molecular formula is C24H31N3O4. The SMILES string of the molecule is CCCC(=Nc1cccc(CNC(=O)OC(C)(C)C)c1)NC(=O)OCc1ccccc1. The Balaban J connectivity index is 1.96. The molecule has 0 heterocycles. The number of benzene rings is 2. The molecule has 0 aliphatic heterocycles. The number of nitrogens with one attached hydrogen (secondary N) is 2.